The van der Waals surface area contributed by atoms with Crippen LogP contribution in [0.25, 0.3) is 0 Å². The molecule has 20 heavy (non-hydrogen) atoms. The van der Waals surface area contributed by atoms with E-state index in [9.17, 15) is 0 Å². The minimum Gasteiger partial charge on any atom is -0.0689 e. The maximum Gasteiger partial charge on any atom is 0.0181 e. The molecule has 0 heterocycles. The number of hydrogen-bond donors (Lipinski definition) is 0. The van der Waals surface area contributed by atoms with Crippen molar-refractivity contribution in [2.75, 3.05) is 0 Å². The summed E-state index contributed by atoms with van der Waals surface area (Å²) in [6, 6.07) is 9.27. The highest BCUT2D eigenvalue weighted by molar-refractivity contribution is 9.10. The van der Waals surface area contributed by atoms with E-state index in [1.54, 1.807) is 5.30 Å². The Morgan fingerprint density at radius 1 is 0.800 bits per heavy atom. The number of halogens is 1. The van der Waals surface area contributed by atoms with E-state index in [0.717, 1.165) is 11.3 Å². The molecule has 0 unspecified atom stereocenters. The van der Waals surface area contributed by atoms with Gasteiger partial charge in [-0.2, -0.15) is 0 Å². The van der Waals surface area contributed by atoms with Crippen LogP contribution in [0.5, 0.6) is 0 Å². The number of rotatable bonds is 3. The van der Waals surface area contributed by atoms with Gasteiger partial charge in [0.25, 0.3) is 0 Å². The van der Waals surface area contributed by atoms with Crippen LogP contribution in [0.1, 0.15) is 64.2 Å². The Bertz CT molecular complexity index is 401. The van der Waals surface area contributed by atoms with Crippen molar-refractivity contribution >= 4 is 29.2 Å². The Morgan fingerprint density at radius 2 is 1.35 bits per heavy atom. The third-order valence-corrected chi connectivity index (χ3v) is 9.02. The molecule has 0 spiro atoms. The molecule has 0 radical (unpaired) electrons. The number of hydrogen-bond acceptors (Lipinski definition) is 0. The molecule has 0 amide bonds. The third-order valence-electron chi connectivity index (χ3n) is 5.04. The summed E-state index contributed by atoms with van der Waals surface area (Å²) in [5, 5.41) is 1.67. The smallest absolute Gasteiger partial charge is 0.0181 e. The Kier molecular flexibility index (Phi) is 5.57. The van der Waals surface area contributed by atoms with E-state index < -0.39 is 0 Å². The first-order chi connectivity index (χ1) is 9.84. The Balaban J connectivity index is 1.85. The van der Waals surface area contributed by atoms with Crippen LogP contribution in [-0.4, -0.2) is 11.3 Å². The van der Waals surface area contributed by atoms with Gasteiger partial charge < -0.3 is 0 Å². The van der Waals surface area contributed by atoms with E-state index in [-0.39, 0.29) is 7.92 Å². The van der Waals surface area contributed by atoms with E-state index in [1.807, 2.05) is 0 Å². The van der Waals surface area contributed by atoms with Gasteiger partial charge in [-0.1, -0.05) is 74.5 Å². The lowest BCUT2D eigenvalue weighted by molar-refractivity contribution is 0.487. The predicted octanol–water partition coefficient (Wildman–Crippen LogP) is 6.22. The van der Waals surface area contributed by atoms with Gasteiger partial charge in [0.15, 0.2) is 0 Å². The van der Waals surface area contributed by atoms with Crippen molar-refractivity contribution < 1.29 is 0 Å². The van der Waals surface area contributed by atoms with Crippen LogP contribution in [0.15, 0.2) is 28.7 Å². The van der Waals surface area contributed by atoms with E-state index in [4.69, 9.17) is 0 Å². The summed E-state index contributed by atoms with van der Waals surface area (Å²) < 4.78 is 1.27. The fourth-order valence-electron chi connectivity index (χ4n) is 4.07. The molecule has 0 aliphatic heterocycles. The highest BCUT2D eigenvalue weighted by Gasteiger charge is 2.32. The molecule has 0 saturated heterocycles. The molecule has 0 aromatic heterocycles. The maximum atomic E-state index is 3.69. The van der Waals surface area contributed by atoms with Crippen molar-refractivity contribution in [3.63, 3.8) is 0 Å². The van der Waals surface area contributed by atoms with Gasteiger partial charge >= 0.3 is 0 Å². The molecule has 2 heteroatoms. The van der Waals surface area contributed by atoms with Gasteiger partial charge in [-0.05, 0) is 54.4 Å². The van der Waals surface area contributed by atoms with Crippen LogP contribution in [0.4, 0.5) is 0 Å². The van der Waals surface area contributed by atoms with Crippen molar-refractivity contribution in [3.05, 3.63) is 28.7 Å². The fourth-order valence-corrected chi connectivity index (χ4v) is 8.48. The van der Waals surface area contributed by atoms with Gasteiger partial charge in [0.05, 0.1) is 0 Å². The first-order valence-corrected chi connectivity index (χ1v) is 10.7. The summed E-state index contributed by atoms with van der Waals surface area (Å²) in [7, 11) is 0.0617. The van der Waals surface area contributed by atoms with Crippen LogP contribution in [0, 0.1) is 0 Å². The van der Waals surface area contributed by atoms with Crippen LogP contribution in [0.3, 0.4) is 0 Å². The van der Waals surface area contributed by atoms with Gasteiger partial charge in [-0.3, -0.25) is 0 Å². The topological polar surface area (TPSA) is 0 Å². The Morgan fingerprint density at radius 3 is 1.85 bits per heavy atom. The summed E-state index contributed by atoms with van der Waals surface area (Å²) in [4.78, 5) is 0. The van der Waals surface area contributed by atoms with Gasteiger partial charge in [0.1, 0.15) is 0 Å². The van der Waals surface area contributed by atoms with E-state index in [1.165, 1.54) is 68.7 Å². The predicted molar refractivity (Wildman–Crippen MR) is 94.4 cm³/mol. The molecule has 2 aliphatic carbocycles. The second-order valence-electron chi connectivity index (χ2n) is 6.47. The average molecular weight is 353 g/mol. The molecule has 1 aromatic rings. The minimum atomic E-state index is 0.0617. The molecule has 0 nitrogen and oxygen atoms in total. The van der Waals surface area contributed by atoms with Crippen molar-refractivity contribution in [2.24, 2.45) is 0 Å². The largest absolute Gasteiger partial charge is 0.0689 e. The molecule has 2 fully saturated rings. The molecule has 110 valence electrons. The minimum absolute atomic E-state index is 0.0617. The quantitative estimate of drug-likeness (QED) is 0.566. The van der Waals surface area contributed by atoms with Crippen molar-refractivity contribution in [1.82, 2.24) is 0 Å². The van der Waals surface area contributed by atoms with Crippen LogP contribution >= 0.6 is 23.9 Å². The second-order valence-corrected chi connectivity index (χ2v) is 10.2. The first-order valence-electron chi connectivity index (χ1n) is 8.38. The summed E-state index contributed by atoms with van der Waals surface area (Å²) >= 11 is 3.69. The van der Waals surface area contributed by atoms with E-state index in [0.29, 0.717) is 0 Å². The lowest BCUT2D eigenvalue weighted by Crippen LogP contribution is -2.26. The fraction of sp³-hybridized carbons (Fsp3) is 0.667. The standard InChI is InChI=1S/C18H26BrP/c19-15-8-7-13-18(14-15)20(16-9-3-1-4-10-16)17-11-5-2-6-12-17/h7-8,13-14,16-17H,1-6,9-12H2. The lowest BCUT2D eigenvalue weighted by Gasteiger charge is -2.38. The van der Waals surface area contributed by atoms with Crippen molar-refractivity contribution in [2.45, 2.75) is 75.5 Å². The Labute approximate surface area is 133 Å². The van der Waals surface area contributed by atoms with Crippen LogP contribution in [-0.2, 0) is 0 Å². The molecular weight excluding hydrogens is 327 g/mol. The zero-order valence-electron chi connectivity index (χ0n) is 12.4. The van der Waals surface area contributed by atoms with E-state index >= 15 is 0 Å². The van der Waals surface area contributed by atoms with Crippen molar-refractivity contribution in [1.29, 1.82) is 0 Å². The highest BCUT2D eigenvalue weighted by Crippen LogP contribution is 2.54. The van der Waals surface area contributed by atoms with Crippen LogP contribution in [0.2, 0.25) is 0 Å². The second kappa shape index (κ2) is 7.41. The molecular formula is C18H26BrP. The van der Waals surface area contributed by atoms with Crippen molar-refractivity contribution in [3.8, 4) is 0 Å². The summed E-state index contributed by atoms with van der Waals surface area (Å²) in [5.74, 6) is 0. The summed E-state index contributed by atoms with van der Waals surface area (Å²) in [5.41, 5.74) is 2.02. The molecule has 2 aliphatic rings. The Hall–Kier alpha value is 0.130. The first kappa shape index (κ1) is 15.0. The van der Waals surface area contributed by atoms with Crippen LogP contribution < -0.4 is 5.30 Å². The average Bonchev–Trinajstić information content (AvgIpc) is 2.50. The molecule has 0 atom stereocenters. The molecule has 3 rings (SSSR count). The monoisotopic (exact) mass is 352 g/mol. The SMILES string of the molecule is Brc1cccc(P(C2CCCCC2)C2CCCCC2)c1. The summed E-state index contributed by atoms with van der Waals surface area (Å²) in [6.07, 6.45) is 14.8. The zero-order chi connectivity index (χ0) is 13.8. The number of benzene rings is 1. The highest BCUT2D eigenvalue weighted by atomic mass is 79.9. The van der Waals surface area contributed by atoms with E-state index in [2.05, 4.69) is 40.2 Å². The maximum absolute atomic E-state index is 3.69. The zero-order valence-corrected chi connectivity index (χ0v) is 14.8. The van der Waals surface area contributed by atoms with Gasteiger partial charge in [-0.25, -0.2) is 0 Å². The molecule has 0 bridgehead atoms. The molecule has 1 aromatic carbocycles. The molecule has 0 N–H and O–H groups in total. The van der Waals surface area contributed by atoms with Gasteiger partial charge in [0.2, 0.25) is 0 Å². The summed E-state index contributed by atoms with van der Waals surface area (Å²) in [6.45, 7) is 0. The lowest BCUT2D eigenvalue weighted by atomic mass is 9.99. The van der Waals surface area contributed by atoms with Gasteiger partial charge in [-0.15, -0.1) is 0 Å². The third kappa shape index (κ3) is 3.66. The normalized spacial score (nSPS) is 22.3. The van der Waals surface area contributed by atoms with Gasteiger partial charge in [0, 0.05) is 4.47 Å². The molecule has 2 saturated carbocycles.